The van der Waals surface area contributed by atoms with Crippen molar-refractivity contribution < 1.29 is 0 Å². The van der Waals surface area contributed by atoms with Crippen molar-refractivity contribution in [1.82, 2.24) is 19.9 Å². The second-order valence-electron chi connectivity index (χ2n) is 7.45. The highest BCUT2D eigenvalue weighted by Crippen LogP contribution is 2.28. The second kappa shape index (κ2) is 7.99. The molecule has 6 heteroatoms. The molecule has 0 radical (unpaired) electrons. The molecule has 2 fully saturated rings. The minimum Gasteiger partial charge on any atom is -0.342 e. The van der Waals surface area contributed by atoms with Crippen molar-refractivity contribution in [2.24, 2.45) is 0 Å². The number of pyridine rings is 1. The molecule has 26 heavy (non-hydrogen) atoms. The Labute approximate surface area is 154 Å². The van der Waals surface area contributed by atoms with Crippen LogP contribution in [0.5, 0.6) is 0 Å². The number of hydrogen-bond donors (Lipinski definition) is 1. The summed E-state index contributed by atoms with van der Waals surface area (Å²) in [6, 6.07) is 5.86. The third-order valence-electron chi connectivity index (χ3n) is 5.57. The van der Waals surface area contributed by atoms with Crippen LogP contribution in [0.15, 0.2) is 35.4 Å². The fraction of sp³-hybridized carbons (Fsp3) is 0.550. The van der Waals surface area contributed by atoms with Gasteiger partial charge in [0.05, 0.1) is 5.69 Å². The molecule has 0 amide bonds. The van der Waals surface area contributed by atoms with Crippen molar-refractivity contribution in [3.05, 3.63) is 52.2 Å². The van der Waals surface area contributed by atoms with Crippen LogP contribution in [-0.4, -0.2) is 46.0 Å². The van der Waals surface area contributed by atoms with Crippen LogP contribution >= 0.6 is 0 Å². The molecule has 6 nitrogen and oxygen atoms in total. The smallest absolute Gasteiger partial charge is 0.252 e. The third kappa shape index (κ3) is 4.12. The van der Waals surface area contributed by atoms with Gasteiger partial charge in [-0.2, -0.15) is 0 Å². The zero-order valence-electron chi connectivity index (χ0n) is 15.2. The largest absolute Gasteiger partial charge is 0.342 e. The number of nitrogens with zero attached hydrogens (tertiary/aromatic N) is 4. The van der Waals surface area contributed by atoms with E-state index in [0.717, 1.165) is 57.2 Å². The Balaban J connectivity index is 1.41. The molecule has 0 aromatic carbocycles. The van der Waals surface area contributed by atoms with Crippen molar-refractivity contribution in [3.63, 3.8) is 0 Å². The Kier molecular flexibility index (Phi) is 5.29. The maximum Gasteiger partial charge on any atom is 0.252 e. The molecule has 138 valence electrons. The quantitative estimate of drug-likeness (QED) is 0.915. The number of likely N-dealkylation sites (tertiary alicyclic amines) is 1. The number of hydrogen-bond acceptors (Lipinski definition) is 5. The molecule has 0 spiro atoms. The van der Waals surface area contributed by atoms with Gasteiger partial charge in [0, 0.05) is 44.0 Å². The van der Waals surface area contributed by atoms with Crippen LogP contribution < -0.4 is 10.5 Å². The number of piperidine rings is 2. The van der Waals surface area contributed by atoms with Gasteiger partial charge in [0.25, 0.3) is 5.56 Å². The summed E-state index contributed by atoms with van der Waals surface area (Å²) in [5.41, 5.74) is 2.26. The van der Waals surface area contributed by atoms with Crippen molar-refractivity contribution >= 4 is 5.95 Å². The molecule has 2 aliphatic heterocycles. The van der Waals surface area contributed by atoms with Crippen LogP contribution in [0.25, 0.3) is 0 Å². The van der Waals surface area contributed by atoms with E-state index in [9.17, 15) is 4.79 Å². The third-order valence-corrected chi connectivity index (χ3v) is 5.57. The van der Waals surface area contributed by atoms with Gasteiger partial charge in [0.1, 0.15) is 0 Å². The Morgan fingerprint density at radius 2 is 1.77 bits per heavy atom. The van der Waals surface area contributed by atoms with E-state index >= 15 is 0 Å². The fourth-order valence-corrected chi connectivity index (χ4v) is 4.06. The standard InChI is InChI=1S/C20H27N5O/c26-19-14-18(22-20(23-19)25-10-2-1-3-11-25)17-6-12-24(13-7-17)15-16-4-8-21-9-5-16/h4-5,8-9,14,17H,1-3,6-7,10-13,15H2,(H,22,23,26). The summed E-state index contributed by atoms with van der Waals surface area (Å²) in [7, 11) is 0. The van der Waals surface area contributed by atoms with Gasteiger partial charge in [0.15, 0.2) is 0 Å². The summed E-state index contributed by atoms with van der Waals surface area (Å²) in [4.78, 5) is 28.7. The van der Waals surface area contributed by atoms with Crippen LogP contribution in [0.1, 0.15) is 49.3 Å². The predicted molar refractivity (Wildman–Crippen MR) is 102 cm³/mol. The highest BCUT2D eigenvalue weighted by molar-refractivity contribution is 5.31. The van der Waals surface area contributed by atoms with E-state index in [4.69, 9.17) is 4.98 Å². The number of aromatic nitrogens is 3. The first-order valence-corrected chi connectivity index (χ1v) is 9.75. The molecule has 4 rings (SSSR count). The molecule has 0 unspecified atom stereocenters. The lowest BCUT2D eigenvalue weighted by Gasteiger charge is -2.32. The highest BCUT2D eigenvalue weighted by atomic mass is 16.1. The lowest BCUT2D eigenvalue weighted by Crippen LogP contribution is -2.35. The van der Waals surface area contributed by atoms with E-state index < -0.39 is 0 Å². The van der Waals surface area contributed by atoms with Crippen LogP contribution in [0, 0.1) is 0 Å². The normalized spacial score (nSPS) is 19.6. The van der Waals surface area contributed by atoms with Crippen molar-refractivity contribution in [2.45, 2.75) is 44.6 Å². The number of nitrogens with one attached hydrogen (secondary N) is 1. The Bertz CT molecular complexity index is 761. The van der Waals surface area contributed by atoms with Gasteiger partial charge in [-0.25, -0.2) is 4.98 Å². The predicted octanol–water partition coefficient (Wildman–Crippen LogP) is 2.53. The average Bonchev–Trinajstić information content (AvgIpc) is 2.70. The summed E-state index contributed by atoms with van der Waals surface area (Å²) in [5, 5.41) is 0. The maximum absolute atomic E-state index is 12.2. The van der Waals surface area contributed by atoms with E-state index in [1.807, 2.05) is 12.4 Å². The molecule has 0 saturated carbocycles. The molecule has 2 aromatic rings. The Morgan fingerprint density at radius 3 is 2.50 bits per heavy atom. The van der Waals surface area contributed by atoms with Gasteiger partial charge < -0.3 is 4.90 Å². The highest BCUT2D eigenvalue weighted by Gasteiger charge is 2.23. The first kappa shape index (κ1) is 17.2. The maximum atomic E-state index is 12.2. The summed E-state index contributed by atoms with van der Waals surface area (Å²) in [5.74, 6) is 1.15. The van der Waals surface area contributed by atoms with Crippen molar-refractivity contribution in [3.8, 4) is 0 Å². The van der Waals surface area contributed by atoms with Gasteiger partial charge in [-0.1, -0.05) is 0 Å². The van der Waals surface area contributed by atoms with E-state index in [1.165, 1.54) is 24.8 Å². The summed E-state index contributed by atoms with van der Waals surface area (Å²) >= 11 is 0. The number of anilines is 1. The number of rotatable bonds is 4. The SMILES string of the molecule is O=c1cc(C2CCN(Cc3ccncc3)CC2)nc(N2CCCCC2)[nH]1. The summed E-state index contributed by atoms with van der Waals surface area (Å²) < 4.78 is 0. The molecular weight excluding hydrogens is 326 g/mol. The molecule has 0 atom stereocenters. The van der Waals surface area contributed by atoms with Gasteiger partial charge >= 0.3 is 0 Å². The Morgan fingerprint density at radius 1 is 1.04 bits per heavy atom. The average molecular weight is 353 g/mol. The van der Waals surface area contributed by atoms with Crippen LogP contribution in [0.2, 0.25) is 0 Å². The van der Waals surface area contributed by atoms with Crippen LogP contribution in [0.4, 0.5) is 5.95 Å². The zero-order chi connectivity index (χ0) is 17.8. The fourth-order valence-electron chi connectivity index (χ4n) is 4.06. The first-order valence-electron chi connectivity index (χ1n) is 9.75. The lowest BCUT2D eigenvalue weighted by atomic mass is 9.93. The van der Waals surface area contributed by atoms with Gasteiger partial charge in [0.2, 0.25) is 5.95 Å². The van der Waals surface area contributed by atoms with Gasteiger partial charge in [-0.3, -0.25) is 19.7 Å². The zero-order valence-corrected chi connectivity index (χ0v) is 15.2. The van der Waals surface area contributed by atoms with E-state index in [1.54, 1.807) is 6.07 Å². The van der Waals surface area contributed by atoms with Crippen molar-refractivity contribution in [2.75, 3.05) is 31.1 Å². The molecule has 2 saturated heterocycles. The molecule has 0 aliphatic carbocycles. The van der Waals surface area contributed by atoms with E-state index in [-0.39, 0.29) is 5.56 Å². The Hall–Kier alpha value is -2.21. The first-order chi connectivity index (χ1) is 12.8. The topological polar surface area (TPSA) is 65.1 Å². The monoisotopic (exact) mass is 353 g/mol. The molecule has 2 aromatic heterocycles. The van der Waals surface area contributed by atoms with Gasteiger partial charge in [-0.05, 0) is 62.9 Å². The van der Waals surface area contributed by atoms with E-state index in [2.05, 4.69) is 31.9 Å². The number of H-pyrrole nitrogens is 1. The molecule has 2 aliphatic rings. The summed E-state index contributed by atoms with van der Waals surface area (Å²) in [6.45, 7) is 5.05. The molecule has 1 N–H and O–H groups in total. The van der Waals surface area contributed by atoms with Crippen LogP contribution in [-0.2, 0) is 6.54 Å². The molecular formula is C20H27N5O. The minimum atomic E-state index is -0.0187. The summed E-state index contributed by atoms with van der Waals surface area (Å²) in [6.07, 6.45) is 9.45. The minimum absolute atomic E-state index is 0.0187. The van der Waals surface area contributed by atoms with Crippen molar-refractivity contribution in [1.29, 1.82) is 0 Å². The van der Waals surface area contributed by atoms with E-state index in [0.29, 0.717) is 5.92 Å². The van der Waals surface area contributed by atoms with Crippen LogP contribution in [0.3, 0.4) is 0 Å². The number of aromatic amines is 1. The van der Waals surface area contributed by atoms with Gasteiger partial charge in [-0.15, -0.1) is 0 Å². The lowest BCUT2D eigenvalue weighted by molar-refractivity contribution is 0.203. The second-order valence-corrected chi connectivity index (χ2v) is 7.45. The molecule has 4 heterocycles. The molecule has 0 bridgehead atoms.